The van der Waals surface area contributed by atoms with Crippen LogP contribution in [0.5, 0.6) is 5.75 Å². The van der Waals surface area contributed by atoms with Crippen LogP contribution in [0.25, 0.3) is 0 Å². The highest BCUT2D eigenvalue weighted by Gasteiger charge is 2.46. The van der Waals surface area contributed by atoms with Crippen LogP contribution in [0, 0.1) is 11.6 Å². The largest absolute Gasteiger partial charge is 0.502 e. The van der Waals surface area contributed by atoms with Gasteiger partial charge >= 0.3 is 18.2 Å². The SMILES string of the molecule is CCOC(=O)C(F)(F)Oc1c(F)cc(F)cc1C1CCC(OCC2CCCN2C(=O)OC(C)(C)C)CC1. The van der Waals surface area contributed by atoms with Gasteiger partial charge in [-0.3, -0.25) is 0 Å². The molecule has 1 amide bonds. The molecule has 1 heterocycles. The molecule has 208 valence electrons. The van der Waals surface area contributed by atoms with Crippen LogP contribution in [0.4, 0.5) is 22.4 Å². The van der Waals surface area contributed by atoms with Crippen LogP contribution in [0.15, 0.2) is 12.1 Å². The molecule has 2 aliphatic rings. The van der Waals surface area contributed by atoms with Gasteiger partial charge in [-0.15, -0.1) is 0 Å². The second kappa shape index (κ2) is 11.9. The van der Waals surface area contributed by atoms with Gasteiger partial charge < -0.3 is 23.8 Å². The molecule has 1 aliphatic carbocycles. The lowest BCUT2D eigenvalue weighted by Gasteiger charge is -2.32. The molecule has 11 heteroatoms. The van der Waals surface area contributed by atoms with Gasteiger partial charge in [-0.1, -0.05) is 0 Å². The van der Waals surface area contributed by atoms with Crippen molar-refractivity contribution < 1.29 is 46.1 Å². The number of hydrogen-bond donors (Lipinski definition) is 0. The van der Waals surface area contributed by atoms with Gasteiger partial charge in [-0.2, -0.15) is 8.78 Å². The first kappa shape index (κ1) is 29.0. The summed E-state index contributed by atoms with van der Waals surface area (Å²) in [6, 6.07) is 1.30. The van der Waals surface area contributed by atoms with Crippen molar-refractivity contribution in [1.29, 1.82) is 0 Å². The maximum Gasteiger partial charge on any atom is 0.502 e. The molecule has 1 unspecified atom stereocenters. The second-order valence-electron chi connectivity index (χ2n) is 10.4. The van der Waals surface area contributed by atoms with Gasteiger partial charge in [0.25, 0.3) is 0 Å². The Labute approximate surface area is 214 Å². The number of esters is 1. The quantitative estimate of drug-likeness (QED) is 0.304. The molecule has 1 saturated carbocycles. The third-order valence-corrected chi connectivity index (χ3v) is 6.42. The van der Waals surface area contributed by atoms with Crippen molar-refractivity contribution in [3.05, 3.63) is 29.3 Å². The van der Waals surface area contributed by atoms with Crippen LogP contribution in [0.1, 0.15) is 77.7 Å². The molecule has 0 N–H and O–H groups in total. The molecule has 3 rings (SSSR count). The molecule has 0 spiro atoms. The minimum absolute atomic E-state index is 0.0631. The average molecular weight is 534 g/mol. The molecule has 7 nitrogen and oxygen atoms in total. The lowest BCUT2D eigenvalue weighted by molar-refractivity contribution is -0.217. The number of nitrogens with zero attached hydrogens (tertiary/aromatic N) is 1. The topological polar surface area (TPSA) is 74.3 Å². The Kier molecular flexibility index (Phi) is 9.31. The highest BCUT2D eigenvalue weighted by molar-refractivity contribution is 5.76. The molecule has 1 aromatic carbocycles. The monoisotopic (exact) mass is 533 g/mol. The Bertz CT molecular complexity index is 959. The second-order valence-corrected chi connectivity index (χ2v) is 10.4. The zero-order valence-electron chi connectivity index (χ0n) is 21.7. The molecule has 0 radical (unpaired) electrons. The number of hydrogen-bond acceptors (Lipinski definition) is 6. The van der Waals surface area contributed by atoms with E-state index in [1.54, 1.807) is 4.90 Å². The van der Waals surface area contributed by atoms with E-state index in [4.69, 9.17) is 9.47 Å². The van der Waals surface area contributed by atoms with Crippen LogP contribution in [0.3, 0.4) is 0 Å². The maximum atomic E-state index is 14.5. The predicted octanol–water partition coefficient (Wildman–Crippen LogP) is 5.94. The summed E-state index contributed by atoms with van der Waals surface area (Å²) in [5.74, 6) is -5.53. The first-order chi connectivity index (χ1) is 17.3. The number of carbonyl (C=O) groups is 2. The van der Waals surface area contributed by atoms with Crippen LogP contribution < -0.4 is 4.74 Å². The van der Waals surface area contributed by atoms with E-state index < -0.39 is 41.0 Å². The molecule has 2 fully saturated rings. The fraction of sp³-hybridized carbons (Fsp3) is 0.692. The number of amides is 1. The van der Waals surface area contributed by atoms with Crippen molar-refractivity contribution in [2.75, 3.05) is 19.8 Å². The lowest BCUT2D eigenvalue weighted by atomic mass is 9.82. The number of carbonyl (C=O) groups excluding carboxylic acids is 2. The number of likely N-dealkylation sites (tertiary alicyclic amines) is 1. The minimum Gasteiger partial charge on any atom is -0.459 e. The standard InChI is InChI=1S/C26H35F4NO6/c1-5-34-23(32)26(29,30)36-22-20(13-17(27)14-21(22)28)16-8-10-19(11-9-16)35-15-18-7-6-12-31(18)24(33)37-25(2,3)4/h13-14,16,18-19H,5-12,15H2,1-4H3. The summed E-state index contributed by atoms with van der Waals surface area (Å²) in [5, 5.41) is 0. The van der Waals surface area contributed by atoms with Gasteiger partial charge in [0, 0.05) is 18.2 Å². The number of ether oxygens (including phenoxy) is 4. The summed E-state index contributed by atoms with van der Waals surface area (Å²) >= 11 is 0. The van der Waals surface area contributed by atoms with Crippen LogP contribution >= 0.6 is 0 Å². The average Bonchev–Trinajstić information content (AvgIpc) is 3.28. The summed E-state index contributed by atoms with van der Waals surface area (Å²) in [6.45, 7) is 7.40. The van der Waals surface area contributed by atoms with E-state index in [1.165, 1.54) is 6.92 Å². The Morgan fingerprint density at radius 3 is 2.35 bits per heavy atom. The normalized spacial score (nSPS) is 22.6. The number of benzene rings is 1. The van der Waals surface area contributed by atoms with Crippen molar-refractivity contribution in [2.24, 2.45) is 0 Å². The molecule has 0 bridgehead atoms. The summed E-state index contributed by atoms with van der Waals surface area (Å²) in [4.78, 5) is 25.7. The van der Waals surface area contributed by atoms with E-state index in [1.807, 2.05) is 20.8 Å². The smallest absolute Gasteiger partial charge is 0.459 e. The summed E-state index contributed by atoms with van der Waals surface area (Å²) in [7, 11) is 0. The van der Waals surface area contributed by atoms with E-state index in [0.717, 1.165) is 18.9 Å². The fourth-order valence-electron chi connectivity index (χ4n) is 4.73. The maximum absolute atomic E-state index is 14.5. The van der Waals surface area contributed by atoms with Gasteiger partial charge in [-0.05, 0) is 78.2 Å². The highest BCUT2D eigenvalue weighted by Crippen LogP contribution is 2.41. The molecule has 0 aromatic heterocycles. The van der Waals surface area contributed by atoms with Gasteiger partial charge in [0.05, 0.1) is 25.4 Å². The molecular weight excluding hydrogens is 498 g/mol. The zero-order chi connectivity index (χ0) is 27.4. The highest BCUT2D eigenvalue weighted by atomic mass is 19.3. The van der Waals surface area contributed by atoms with Crippen molar-refractivity contribution in [3.63, 3.8) is 0 Å². The van der Waals surface area contributed by atoms with Crippen LogP contribution in [-0.2, 0) is 19.0 Å². The van der Waals surface area contributed by atoms with Gasteiger partial charge in [-0.25, -0.2) is 18.4 Å². The predicted molar refractivity (Wildman–Crippen MR) is 125 cm³/mol. The van der Waals surface area contributed by atoms with E-state index in [9.17, 15) is 27.2 Å². The fourth-order valence-corrected chi connectivity index (χ4v) is 4.73. The number of alkyl halides is 2. The third kappa shape index (κ3) is 7.72. The number of rotatable bonds is 8. The Morgan fingerprint density at radius 1 is 1.05 bits per heavy atom. The zero-order valence-corrected chi connectivity index (χ0v) is 21.7. The first-order valence-electron chi connectivity index (χ1n) is 12.6. The lowest BCUT2D eigenvalue weighted by Crippen LogP contribution is -2.42. The van der Waals surface area contributed by atoms with E-state index >= 15 is 0 Å². The van der Waals surface area contributed by atoms with Crippen molar-refractivity contribution >= 4 is 12.1 Å². The van der Waals surface area contributed by atoms with Crippen molar-refractivity contribution in [1.82, 2.24) is 4.90 Å². The Morgan fingerprint density at radius 2 is 1.73 bits per heavy atom. The Hall–Kier alpha value is -2.56. The van der Waals surface area contributed by atoms with Crippen LogP contribution in [-0.4, -0.2) is 60.6 Å². The summed E-state index contributed by atoms with van der Waals surface area (Å²) in [5.41, 5.74) is -0.658. The summed E-state index contributed by atoms with van der Waals surface area (Å²) < 4.78 is 77.2. The van der Waals surface area contributed by atoms with E-state index in [0.29, 0.717) is 44.9 Å². The molecular formula is C26H35F4NO6. The minimum atomic E-state index is -4.43. The molecule has 1 saturated heterocycles. The van der Waals surface area contributed by atoms with E-state index in [2.05, 4.69) is 9.47 Å². The van der Waals surface area contributed by atoms with Gasteiger partial charge in [0.1, 0.15) is 11.4 Å². The molecule has 1 aliphatic heterocycles. The molecule has 37 heavy (non-hydrogen) atoms. The van der Waals surface area contributed by atoms with Gasteiger partial charge in [0.15, 0.2) is 11.6 Å². The Balaban J connectivity index is 1.61. The van der Waals surface area contributed by atoms with Crippen LogP contribution in [0.2, 0.25) is 0 Å². The summed E-state index contributed by atoms with van der Waals surface area (Å²) in [6.07, 6.45) is -1.43. The molecule has 1 atom stereocenters. The van der Waals surface area contributed by atoms with E-state index in [-0.39, 0.29) is 30.4 Å². The first-order valence-corrected chi connectivity index (χ1v) is 12.6. The van der Waals surface area contributed by atoms with Gasteiger partial charge in [0.2, 0.25) is 0 Å². The van der Waals surface area contributed by atoms with Crippen molar-refractivity contribution in [3.8, 4) is 5.75 Å². The number of halogens is 4. The third-order valence-electron chi connectivity index (χ3n) is 6.42. The molecule has 1 aromatic rings. The van der Waals surface area contributed by atoms with Crippen molar-refractivity contribution in [2.45, 2.75) is 96.0 Å².